The van der Waals surface area contributed by atoms with Crippen LogP contribution in [0, 0.1) is 0 Å². The van der Waals surface area contributed by atoms with Crippen LogP contribution in [0.4, 0.5) is 0 Å². The normalized spacial score (nSPS) is 14.0. The molecule has 0 saturated heterocycles. The minimum absolute atomic E-state index is 0.398. The zero-order valence-corrected chi connectivity index (χ0v) is 10.7. The first kappa shape index (κ1) is 15.3. The van der Waals surface area contributed by atoms with Gasteiger partial charge in [-0.15, -0.1) is 0 Å². The van der Waals surface area contributed by atoms with E-state index in [9.17, 15) is 13.2 Å². The van der Waals surface area contributed by atoms with Crippen LogP contribution in [0.3, 0.4) is 0 Å². The Labute approximate surface area is 96.8 Å². The molecule has 96 valence electrons. The van der Waals surface area contributed by atoms with E-state index in [0.29, 0.717) is 25.9 Å². The molecular weight excluding hydrogens is 232 g/mol. The highest BCUT2D eigenvalue weighted by molar-refractivity contribution is 7.87. The van der Waals surface area contributed by atoms with E-state index in [1.165, 1.54) is 11.2 Å². The highest BCUT2D eigenvalue weighted by atomic mass is 32.2. The quantitative estimate of drug-likeness (QED) is 0.655. The fourth-order valence-electron chi connectivity index (χ4n) is 1.20. The van der Waals surface area contributed by atoms with Gasteiger partial charge in [-0.25, -0.2) is 0 Å². The highest BCUT2D eigenvalue weighted by Gasteiger charge is 2.25. The molecule has 0 amide bonds. The summed E-state index contributed by atoms with van der Waals surface area (Å²) in [5.74, 6) is -1.18. The number of hydrogen-bond donors (Lipinski definition) is 2. The molecule has 0 aliphatic carbocycles. The molecule has 0 fully saturated rings. The standard InChI is InChI=1S/C9H20N2O4S/c1-4-6-11(7-5-2)16(14,15)10-8(3)9(12)13/h8,10H,4-7H2,1-3H3,(H,12,13)/t8-/m0/s1. The molecule has 6 nitrogen and oxygen atoms in total. The zero-order valence-electron chi connectivity index (χ0n) is 9.93. The Morgan fingerprint density at radius 1 is 1.31 bits per heavy atom. The number of carboxylic acid groups (broad SMARTS) is 1. The molecule has 0 spiro atoms. The van der Waals surface area contributed by atoms with Crippen molar-refractivity contribution in [3.8, 4) is 0 Å². The molecule has 0 aliphatic rings. The van der Waals surface area contributed by atoms with E-state index in [2.05, 4.69) is 4.72 Å². The van der Waals surface area contributed by atoms with Crippen LogP contribution in [0.25, 0.3) is 0 Å². The smallest absolute Gasteiger partial charge is 0.321 e. The number of nitrogens with one attached hydrogen (secondary N) is 1. The molecule has 0 rings (SSSR count). The van der Waals surface area contributed by atoms with Gasteiger partial charge in [0, 0.05) is 13.1 Å². The maximum absolute atomic E-state index is 11.8. The second kappa shape index (κ2) is 6.82. The molecule has 1 atom stereocenters. The van der Waals surface area contributed by atoms with E-state index >= 15 is 0 Å². The lowest BCUT2D eigenvalue weighted by Crippen LogP contribution is -2.47. The molecule has 0 bridgehead atoms. The average molecular weight is 252 g/mol. The van der Waals surface area contributed by atoms with Gasteiger partial charge in [0.2, 0.25) is 0 Å². The van der Waals surface area contributed by atoms with E-state index in [1.807, 2.05) is 13.8 Å². The van der Waals surface area contributed by atoms with Crippen molar-refractivity contribution in [2.45, 2.75) is 39.7 Å². The summed E-state index contributed by atoms with van der Waals surface area (Å²) >= 11 is 0. The summed E-state index contributed by atoms with van der Waals surface area (Å²) in [6.45, 7) is 5.85. The van der Waals surface area contributed by atoms with Gasteiger partial charge in [-0.3, -0.25) is 4.79 Å². The number of hydrogen-bond acceptors (Lipinski definition) is 3. The number of carboxylic acids is 1. The van der Waals surface area contributed by atoms with Crippen molar-refractivity contribution in [3.63, 3.8) is 0 Å². The van der Waals surface area contributed by atoms with Crippen molar-refractivity contribution in [2.75, 3.05) is 13.1 Å². The summed E-state index contributed by atoms with van der Waals surface area (Å²) in [6, 6.07) is -1.11. The molecule has 0 radical (unpaired) electrons. The molecule has 0 aromatic rings. The monoisotopic (exact) mass is 252 g/mol. The van der Waals surface area contributed by atoms with Gasteiger partial charge < -0.3 is 5.11 Å². The fourth-order valence-corrected chi connectivity index (χ4v) is 2.74. The van der Waals surface area contributed by atoms with Gasteiger partial charge in [-0.05, 0) is 19.8 Å². The Morgan fingerprint density at radius 2 is 1.75 bits per heavy atom. The molecular formula is C9H20N2O4S. The Hall–Kier alpha value is -0.660. The van der Waals surface area contributed by atoms with E-state index < -0.39 is 22.2 Å². The maximum atomic E-state index is 11.8. The Morgan fingerprint density at radius 3 is 2.06 bits per heavy atom. The van der Waals surface area contributed by atoms with Crippen LogP contribution < -0.4 is 4.72 Å². The Balaban J connectivity index is 4.65. The van der Waals surface area contributed by atoms with E-state index in [4.69, 9.17) is 5.11 Å². The molecule has 7 heteroatoms. The van der Waals surface area contributed by atoms with Gasteiger partial charge in [0.15, 0.2) is 0 Å². The van der Waals surface area contributed by atoms with E-state index in [-0.39, 0.29) is 0 Å². The zero-order chi connectivity index (χ0) is 12.8. The van der Waals surface area contributed by atoms with Crippen LogP contribution in [-0.4, -0.2) is 42.9 Å². The lowest BCUT2D eigenvalue weighted by Gasteiger charge is -2.22. The predicted octanol–water partition coefficient (Wildman–Crippen LogP) is 0.416. The minimum Gasteiger partial charge on any atom is -0.480 e. The van der Waals surface area contributed by atoms with Crippen LogP contribution in [0.2, 0.25) is 0 Å². The van der Waals surface area contributed by atoms with Crippen LogP contribution in [-0.2, 0) is 15.0 Å². The lowest BCUT2D eigenvalue weighted by molar-refractivity contribution is -0.138. The van der Waals surface area contributed by atoms with E-state index in [1.54, 1.807) is 0 Å². The minimum atomic E-state index is -3.69. The highest BCUT2D eigenvalue weighted by Crippen LogP contribution is 2.02. The number of aliphatic carboxylic acids is 1. The summed E-state index contributed by atoms with van der Waals surface area (Å²) in [7, 11) is -3.69. The van der Waals surface area contributed by atoms with Crippen LogP contribution in [0.1, 0.15) is 33.6 Å². The van der Waals surface area contributed by atoms with Crippen molar-refractivity contribution in [1.29, 1.82) is 0 Å². The summed E-state index contributed by atoms with van der Waals surface area (Å²) in [5, 5.41) is 8.64. The van der Waals surface area contributed by atoms with Crippen molar-refractivity contribution in [3.05, 3.63) is 0 Å². The van der Waals surface area contributed by atoms with Crippen LogP contribution in [0.15, 0.2) is 0 Å². The Kier molecular flexibility index (Phi) is 6.54. The second-order valence-electron chi connectivity index (χ2n) is 3.58. The van der Waals surface area contributed by atoms with Crippen molar-refractivity contribution in [2.24, 2.45) is 0 Å². The average Bonchev–Trinajstić information content (AvgIpc) is 2.16. The van der Waals surface area contributed by atoms with Crippen molar-refractivity contribution < 1.29 is 18.3 Å². The van der Waals surface area contributed by atoms with Gasteiger partial charge in [0.1, 0.15) is 6.04 Å². The first-order valence-corrected chi connectivity index (χ1v) is 6.79. The second-order valence-corrected chi connectivity index (χ2v) is 5.28. The topological polar surface area (TPSA) is 86.7 Å². The van der Waals surface area contributed by atoms with Gasteiger partial charge in [0.05, 0.1) is 0 Å². The van der Waals surface area contributed by atoms with Gasteiger partial charge in [-0.1, -0.05) is 13.8 Å². The van der Waals surface area contributed by atoms with Crippen molar-refractivity contribution in [1.82, 2.24) is 9.03 Å². The van der Waals surface area contributed by atoms with Gasteiger partial charge >= 0.3 is 5.97 Å². The molecule has 0 heterocycles. The summed E-state index contributed by atoms with van der Waals surface area (Å²) in [4.78, 5) is 10.6. The molecule has 0 aromatic carbocycles. The first-order valence-electron chi connectivity index (χ1n) is 5.35. The van der Waals surface area contributed by atoms with E-state index in [0.717, 1.165) is 0 Å². The lowest BCUT2D eigenvalue weighted by atomic mass is 10.4. The SMILES string of the molecule is CCCN(CCC)S(=O)(=O)N[C@@H](C)C(=O)O. The third-order valence-electron chi connectivity index (χ3n) is 1.98. The largest absolute Gasteiger partial charge is 0.480 e. The van der Waals surface area contributed by atoms with Crippen molar-refractivity contribution >= 4 is 16.2 Å². The Bertz CT molecular complexity index is 309. The molecule has 16 heavy (non-hydrogen) atoms. The summed E-state index contributed by atoms with van der Waals surface area (Å²) < 4.78 is 26.9. The van der Waals surface area contributed by atoms with Gasteiger partial charge in [0.25, 0.3) is 10.2 Å². The molecule has 0 saturated carbocycles. The molecule has 0 unspecified atom stereocenters. The first-order chi connectivity index (χ1) is 7.35. The summed E-state index contributed by atoms with van der Waals surface area (Å²) in [6.07, 6.45) is 1.39. The number of rotatable bonds is 8. The van der Waals surface area contributed by atoms with Crippen LogP contribution in [0.5, 0.6) is 0 Å². The maximum Gasteiger partial charge on any atom is 0.321 e. The summed E-state index contributed by atoms with van der Waals surface area (Å²) in [5.41, 5.74) is 0. The molecule has 0 aromatic heterocycles. The molecule has 2 N–H and O–H groups in total. The predicted molar refractivity (Wildman–Crippen MR) is 61.3 cm³/mol. The third-order valence-corrected chi connectivity index (χ3v) is 3.68. The van der Waals surface area contributed by atoms with Gasteiger partial charge in [-0.2, -0.15) is 17.4 Å². The van der Waals surface area contributed by atoms with Crippen LogP contribution >= 0.6 is 0 Å². The number of carbonyl (C=O) groups is 1. The number of nitrogens with zero attached hydrogens (tertiary/aromatic N) is 1. The third kappa shape index (κ3) is 4.91. The molecule has 0 aliphatic heterocycles. The fraction of sp³-hybridized carbons (Fsp3) is 0.889.